The zero-order valence-electron chi connectivity index (χ0n) is 10.6. The van der Waals surface area contributed by atoms with Crippen molar-refractivity contribution in [3.05, 3.63) is 51.5 Å². The summed E-state index contributed by atoms with van der Waals surface area (Å²) in [6, 6.07) is 5.94. The third kappa shape index (κ3) is 4.34. The molecule has 0 saturated heterocycles. The number of unbranched alkanes of at least 4 members (excludes halogenated alkanes) is 1. The molecule has 1 aromatic carbocycles. The fourth-order valence-electron chi connectivity index (χ4n) is 2.03. The van der Waals surface area contributed by atoms with Gasteiger partial charge in [0.05, 0.1) is 0 Å². The molecular weight excluding hydrogens is 326 g/mol. The van der Waals surface area contributed by atoms with Crippen LogP contribution in [0, 0.1) is 0 Å². The van der Waals surface area contributed by atoms with Crippen LogP contribution in [-0.2, 0) is 13.0 Å². The molecule has 0 fully saturated rings. The summed E-state index contributed by atoms with van der Waals surface area (Å²) < 4.78 is 3.18. The van der Waals surface area contributed by atoms with Crippen LogP contribution in [0.5, 0.6) is 0 Å². The number of aromatic nitrogens is 2. The van der Waals surface area contributed by atoms with Gasteiger partial charge in [-0.15, -0.1) is 0 Å². The van der Waals surface area contributed by atoms with E-state index in [0.29, 0.717) is 0 Å². The van der Waals surface area contributed by atoms with Crippen LogP contribution in [0.1, 0.15) is 24.2 Å². The van der Waals surface area contributed by atoms with Gasteiger partial charge in [-0.2, -0.15) is 0 Å². The van der Waals surface area contributed by atoms with Crippen molar-refractivity contribution >= 4 is 27.5 Å². The molecule has 0 aliphatic heterocycles. The minimum atomic E-state index is 0.741. The van der Waals surface area contributed by atoms with Gasteiger partial charge in [-0.25, -0.2) is 4.98 Å². The Hall–Kier alpha value is -0.840. The smallest absolute Gasteiger partial charge is 0.113 e. The van der Waals surface area contributed by atoms with Crippen molar-refractivity contribution in [2.24, 2.45) is 5.73 Å². The zero-order chi connectivity index (χ0) is 13.7. The monoisotopic (exact) mass is 341 g/mol. The number of nitrogens with zero attached hydrogens (tertiary/aromatic N) is 2. The molecule has 0 aliphatic carbocycles. The number of halogens is 2. The van der Waals surface area contributed by atoms with E-state index in [-0.39, 0.29) is 0 Å². The van der Waals surface area contributed by atoms with E-state index in [0.717, 1.165) is 53.2 Å². The van der Waals surface area contributed by atoms with Crippen LogP contribution < -0.4 is 5.73 Å². The van der Waals surface area contributed by atoms with Crippen LogP contribution in [0.3, 0.4) is 0 Å². The Bertz CT molecular complexity index is 519. The second-order valence-electron chi connectivity index (χ2n) is 4.49. The van der Waals surface area contributed by atoms with Gasteiger partial charge >= 0.3 is 0 Å². The number of aryl methyl sites for hydroxylation is 1. The highest BCUT2D eigenvalue weighted by atomic mass is 79.9. The highest BCUT2D eigenvalue weighted by Crippen LogP contribution is 2.21. The molecule has 1 heterocycles. The van der Waals surface area contributed by atoms with E-state index >= 15 is 0 Å². The van der Waals surface area contributed by atoms with Gasteiger partial charge in [-0.05, 0) is 43.1 Å². The van der Waals surface area contributed by atoms with Crippen molar-refractivity contribution in [1.29, 1.82) is 0 Å². The highest BCUT2D eigenvalue weighted by Gasteiger charge is 2.05. The Kier molecular flexibility index (Phi) is 5.43. The van der Waals surface area contributed by atoms with Crippen LogP contribution >= 0.6 is 27.5 Å². The van der Waals surface area contributed by atoms with Gasteiger partial charge in [0.25, 0.3) is 0 Å². The Morgan fingerprint density at radius 2 is 2.11 bits per heavy atom. The number of rotatable bonds is 6. The fraction of sp³-hybridized carbons (Fsp3) is 0.357. The normalized spacial score (nSPS) is 10.9. The van der Waals surface area contributed by atoms with Crippen LogP contribution in [-0.4, -0.2) is 16.1 Å². The summed E-state index contributed by atoms with van der Waals surface area (Å²) >= 11 is 9.52. The number of nitrogens with two attached hydrogens (primary N) is 1. The predicted octanol–water partition coefficient (Wildman–Crippen LogP) is 3.63. The van der Waals surface area contributed by atoms with Crippen molar-refractivity contribution in [2.75, 3.05) is 6.54 Å². The lowest BCUT2D eigenvalue weighted by Gasteiger charge is -2.08. The molecule has 3 nitrogen and oxygen atoms in total. The fourth-order valence-corrected chi connectivity index (χ4v) is 2.96. The summed E-state index contributed by atoms with van der Waals surface area (Å²) in [5.41, 5.74) is 6.68. The molecule has 1 aromatic heterocycles. The van der Waals surface area contributed by atoms with Gasteiger partial charge in [0.15, 0.2) is 0 Å². The first kappa shape index (κ1) is 14.6. The summed E-state index contributed by atoms with van der Waals surface area (Å²) in [5, 5.41) is 0.741. The first-order valence-corrected chi connectivity index (χ1v) is 7.51. The molecule has 102 valence electrons. The van der Waals surface area contributed by atoms with Gasteiger partial charge in [-0.3, -0.25) is 0 Å². The molecule has 0 spiro atoms. The standard InChI is InChI=1S/C14H17BrClN3/c15-12-7-11(8-13(16)10-12)9-14-18-4-6-19(14)5-2-1-3-17/h4,6-8,10H,1-3,5,9,17H2. The summed E-state index contributed by atoms with van der Waals surface area (Å²) in [6.07, 6.45) is 6.77. The van der Waals surface area contributed by atoms with Gasteiger partial charge < -0.3 is 10.3 Å². The maximum Gasteiger partial charge on any atom is 0.113 e. The quantitative estimate of drug-likeness (QED) is 0.815. The molecule has 5 heteroatoms. The topological polar surface area (TPSA) is 43.8 Å². The van der Waals surface area contributed by atoms with Gasteiger partial charge in [0, 0.05) is 34.9 Å². The Morgan fingerprint density at radius 1 is 1.26 bits per heavy atom. The maximum absolute atomic E-state index is 6.06. The minimum absolute atomic E-state index is 0.741. The second kappa shape index (κ2) is 7.08. The van der Waals surface area contributed by atoms with Crippen molar-refractivity contribution < 1.29 is 0 Å². The van der Waals surface area contributed by atoms with E-state index in [2.05, 4.69) is 31.5 Å². The Labute approximate surface area is 126 Å². The van der Waals surface area contributed by atoms with E-state index in [1.54, 1.807) is 0 Å². The van der Waals surface area contributed by atoms with E-state index in [1.165, 1.54) is 0 Å². The minimum Gasteiger partial charge on any atom is -0.335 e. The third-order valence-electron chi connectivity index (χ3n) is 2.94. The van der Waals surface area contributed by atoms with Crippen molar-refractivity contribution in [3.8, 4) is 0 Å². The van der Waals surface area contributed by atoms with E-state index in [1.807, 2.05) is 24.5 Å². The molecular formula is C14H17BrClN3. The average molecular weight is 343 g/mol. The molecule has 0 saturated carbocycles. The first-order chi connectivity index (χ1) is 9.19. The number of hydrogen-bond donors (Lipinski definition) is 1. The molecule has 2 aromatic rings. The lowest BCUT2D eigenvalue weighted by molar-refractivity contribution is 0.595. The van der Waals surface area contributed by atoms with Crippen LogP contribution in [0.15, 0.2) is 35.1 Å². The van der Waals surface area contributed by atoms with Crippen LogP contribution in [0.25, 0.3) is 0 Å². The lowest BCUT2D eigenvalue weighted by atomic mass is 10.1. The SMILES string of the molecule is NCCCCn1ccnc1Cc1cc(Cl)cc(Br)c1. The third-order valence-corrected chi connectivity index (χ3v) is 3.62. The summed E-state index contributed by atoms with van der Waals surface area (Å²) in [6.45, 7) is 1.71. The van der Waals surface area contributed by atoms with E-state index in [4.69, 9.17) is 17.3 Å². The number of hydrogen-bond acceptors (Lipinski definition) is 2. The molecule has 0 bridgehead atoms. The average Bonchev–Trinajstić information content (AvgIpc) is 2.76. The molecule has 2 N–H and O–H groups in total. The largest absolute Gasteiger partial charge is 0.335 e. The zero-order valence-corrected chi connectivity index (χ0v) is 13.0. The number of benzene rings is 1. The molecule has 19 heavy (non-hydrogen) atoms. The lowest BCUT2D eigenvalue weighted by Crippen LogP contribution is -2.06. The first-order valence-electron chi connectivity index (χ1n) is 6.34. The number of imidazole rings is 1. The van der Waals surface area contributed by atoms with Crippen LogP contribution in [0.2, 0.25) is 5.02 Å². The van der Waals surface area contributed by atoms with Crippen molar-refractivity contribution in [2.45, 2.75) is 25.8 Å². The molecule has 0 atom stereocenters. The molecule has 2 rings (SSSR count). The molecule has 0 amide bonds. The van der Waals surface area contributed by atoms with Crippen molar-refractivity contribution in [1.82, 2.24) is 9.55 Å². The van der Waals surface area contributed by atoms with Crippen LogP contribution in [0.4, 0.5) is 0 Å². The van der Waals surface area contributed by atoms with E-state index < -0.39 is 0 Å². The maximum atomic E-state index is 6.06. The Balaban J connectivity index is 2.08. The predicted molar refractivity (Wildman–Crippen MR) is 82.5 cm³/mol. The molecule has 0 radical (unpaired) electrons. The second-order valence-corrected chi connectivity index (χ2v) is 5.84. The Morgan fingerprint density at radius 3 is 2.84 bits per heavy atom. The summed E-state index contributed by atoms with van der Waals surface area (Å²) in [4.78, 5) is 4.42. The summed E-state index contributed by atoms with van der Waals surface area (Å²) in [5.74, 6) is 1.06. The van der Waals surface area contributed by atoms with E-state index in [9.17, 15) is 0 Å². The van der Waals surface area contributed by atoms with Crippen molar-refractivity contribution in [3.63, 3.8) is 0 Å². The highest BCUT2D eigenvalue weighted by molar-refractivity contribution is 9.10. The summed E-state index contributed by atoms with van der Waals surface area (Å²) in [7, 11) is 0. The van der Waals surface area contributed by atoms with Gasteiger partial charge in [-0.1, -0.05) is 27.5 Å². The molecule has 0 unspecified atom stereocenters. The van der Waals surface area contributed by atoms with Gasteiger partial charge in [0.2, 0.25) is 0 Å². The molecule has 0 aliphatic rings. The van der Waals surface area contributed by atoms with Gasteiger partial charge in [0.1, 0.15) is 5.82 Å².